The van der Waals surface area contributed by atoms with Crippen molar-refractivity contribution in [2.24, 2.45) is 0 Å². The van der Waals surface area contributed by atoms with Crippen LogP contribution in [0.4, 0.5) is 5.82 Å². The van der Waals surface area contributed by atoms with Gasteiger partial charge >= 0.3 is 5.97 Å². The molecule has 7 heteroatoms. The number of allylic oxidation sites excluding steroid dienone is 3. The second kappa shape index (κ2) is 8.49. The molecule has 0 amide bonds. The maximum Gasteiger partial charge on any atom is 0.338 e. The summed E-state index contributed by atoms with van der Waals surface area (Å²) < 4.78 is 11.0. The van der Waals surface area contributed by atoms with Gasteiger partial charge in [-0.2, -0.15) is 10.5 Å². The molecule has 1 aromatic carbocycles. The van der Waals surface area contributed by atoms with E-state index in [4.69, 9.17) is 14.9 Å². The Balaban J connectivity index is 1.74. The molecule has 1 aliphatic carbocycles. The van der Waals surface area contributed by atoms with E-state index in [1.807, 2.05) is 25.1 Å². The number of esters is 1. The maximum atomic E-state index is 11.9. The van der Waals surface area contributed by atoms with Gasteiger partial charge in [-0.3, -0.25) is 0 Å². The Hall–Kier alpha value is -4.62. The molecule has 0 saturated heterocycles. The van der Waals surface area contributed by atoms with Crippen molar-refractivity contribution in [3.8, 4) is 23.5 Å². The second-order valence-electron chi connectivity index (χ2n) is 7.50. The van der Waals surface area contributed by atoms with Crippen molar-refractivity contribution in [3.05, 3.63) is 75.7 Å². The van der Waals surface area contributed by atoms with Crippen LogP contribution >= 0.6 is 0 Å². The van der Waals surface area contributed by atoms with E-state index in [1.54, 1.807) is 38.1 Å². The molecule has 2 aromatic heterocycles. The van der Waals surface area contributed by atoms with E-state index in [0.717, 1.165) is 16.7 Å². The summed E-state index contributed by atoms with van der Waals surface area (Å²) in [7, 11) is 0. The Labute approximate surface area is 191 Å². The number of nitriles is 2. The summed E-state index contributed by atoms with van der Waals surface area (Å²) in [4.78, 5) is 16.2. The molecule has 0 bridgehead atoms. The van der Waals surface area contributed by atoms with E-state index < -0.39 is 0 Å². The molecule has 7 nitrogen and oxygen atoms in total. The molecule has 0 unspecified atom stereocenters. The molecule has 0 fully saturated rings. The van der Waals surface area contributed by atoms with Crippen LogP contribution in [0.3, 0.4) is 0 Å². The van der Waals surface area contributed by atoms with Crippen LogP contribution in [0.5, 0.6) is 0 Å². The van der Waals surface area contributed by atoms with Crippen molar-refractivity contribution in [2.45, 2.75) is 20.8 Å². The number of hydrogen-bond donors (Lipinski definition) is 1. The molecule has 162 valence electrons. The average Bonchev–Trinajstić information content (AvgIpc) is 3.37. The topological polar surface area (TPSA) is 126 Å². The van der Waals surface area contributed by atoms with Gasteiger partial charge in [-0.05, 0) is 67.8 Å². The summed E-state index contributed by atoms with van der Waals surface area (Å²) in [6.45, 7) is 5.72. The Morgan fingerprint density at radius 2 is 1.88 bits per heavy atom. The number of pyridine rings is 1. The van der Waals surface area contributed by atoms with Gasteiger partial charge in [0.1, 0.15) is 29.5 Å². The lowest BCUT2D eigenvalue weighted by Crippen LogP contribution is -2.03. The molecule has 0 radical (unpaired) electrons. The van der Waals surface area contributed by atoms with Crippen LogP contribution in [0.1, 0.15) is 52.3 Å². The smallest absolute Gasteiger partial charge is 0.338 e. The molecular weight excluding hydrogens is 416 g/mol. The number of hydrogen-bond acceptors (Lipinski definition) is 7. The van der Waals surface area contributed by atoms with E-state index >= 15 is 0 Å². The summed E-state index contributed by atoms with van der Waals surface area (Å²) >= 11 is 0. The predicted molar refractivity (Wildman–Crippen MR) is 124 cm³/mol. The number of rotatable bonds is 4. The van der Waals surface area contributed by atoms with Crippen LogP contribution < -0.4 is 5.73 Å². The average molecular weight is 436 g/mol. The first-order chi connectivity index (χ1) is 15.9. The van der Waals surface area contributed by atoms with Crippen molar-refractivity contribution in [1.82, 2.24) is 4.98 Å². The number of ether oxygens (including phenoxy) is 1. The third-order valence-corrected chi connectivity index (χ3v) is 5.58. The first-order valence-corrected chi connectivity index (χ1v) is 10.3. The third-order valence-electron chi connectivity index (χ3n) is 5.58. The van der Waals surface area contributed by atoms with Crippen LogP contribution in [-0.2, 0) is 4.74 Å². The number of carbonyl (C=O) groups is 1. The third kappa shape index (κ3) is 3.66. The highest BCUT2D eigenvalue weighted by Crippen LogP contribution is 2.44. The fraction of sp³-hybridized carbons (Fsp3) is 0.154. The molecule has 33 heavy (non-hydrogen) atoms. The number of furan rings is 1. The molecule has 0 aliphatic heterocycles. The van der Waals surface area contributed by atoms with Crippen LogP contribution in [0.15, 0.2) is 46.4 Å². The highest BCUT2D eigenvalue weighted by molar-refractivity contribution is 6.08. The fourth-order valence-corrected chi connectivity index (χ4v) is 3.91. The van der Waals surface area contributed by atoms with Crippen molar-refractivity contribution in [3.63, 3.8) is 0 Å². The minimum Gasteiger partial charge on any atom is -0.462 e. The standard InChI is InChI=1S/C26H20N4O3/c1-4-32-26(31)17-7-5-16(6-8-17)22-10-9-18(33-22)11-19-14(2)20(12-27)24-23(19)15(3)21(13-28)25(29)30-24/h5-11H,4H2,1-3H3,(H2,29,30)/b19-11-. The van der Waals surface area contributed by atoms with Gasteiger partial charge in [0.2, 0.25) is 0 Å². The van der Waals surface area contributed by atoms with E-state index in [-0.39, 0.29) is 11.8 Å². The lowest BCUT2D eigenvalue weighted by Gasteiger charge is -2.10. The van der Waals surface area contributed by atoms with Gasteiger partial charge in [-0.25, -0.2) is 9.78 Å². The number of carbonyl (C=O) groups excluding carboxylic acids is 1. The zero-order valence-corrected chi connectivity index (χ0v) is 18.4. The first kappa shape index (κ1) is 21.6. The molecule has 2 N–H and O–H groups in total. The van der Waals surface area contributed by atoms with Gasteiger partial charge in [0.25, 0.3) is 0 Å². The highest BCUT2D eigenvalue weighted by atomic mass is 16.5. The summed E-state index contributed by atoms with van der Waals surface area (Å²) in [5.41, 5.74) is 11.3. The van der Waals surface area contributed by atoms with E-state index in [2.05, 4.69) is 17.1 Å². The van der Waals surface area contributed by atoms with Crippen molar-refractivity contribution < 1.29 is 13.9 Å². The maximum absolute atomic E-state index is 11.9. The number of benzene rings is 1. The summed E-state index contributed by atoms with van der Waals surface area (Å²) in [6, 6.07) is 14.9. The highest BCUT2D eigenvalue weighted by Gasteiger charge is 2.29. The monoisotopic (exact) mass is 436 g/mol. The van der Waals surface area contributed by atoms with Crippen LogP contribution in [0, 0.1) is 29.6 Å². The zero-order chi connectivity index (χ0) is 23.7. The summed E-state index contributed by atoms with van der Waals surface area (Å²) in [6.07, 6.45) is 1.83. The Bertz CT molecular complexity index is 1430. The Morgan fingerprint density at radius 3 is 2.52 bits per heavy atom. The fourth-order valence-electron chi connectivity index (χ4n) is 3.91. The number of aromatic nitrogens is 1. The van der Waals surface area contributed by atoms with E-state index in [1.165, 1.54) is 0 Å². The zero-order valence-electron chi connectivity index (χ0n) is 18.4. The largest absolute Gasteiger partial charge is 0.462 e. The van der Waals surface area contributed by atoms with Gasteiger partial charge in [-0.15, -0.1) is 0 Å². The van der Waals surface area contributed by atoms with Gasteiger partial charge in [-0.1, -0.05) is 12.1 Å². The Kier molecular flexibility index (Phi) is 5.56. The number of nitrogen functional groups attached to an aromatic ring is 1. The number of nitrogens with zero attached hydrogens (tertiary/aromatic N) is 3. The predicted octanol–water partition coefficient (Wildman–Crippen LogP) is 5.13. The van der Waals surface area contributed by atoms with Crippen LogP contribution in [0.25, 0.3) is 28.5 Å². The molecule has 0 saturated carbocycles. The molecule has 0 spiro atoms. The molecular formula is C26H20N4O3. The van der Waals surface area contributed by atoms with E-state index in [9.17, 15) is 15.3 Å². The minimum atomic E-state index is -0.370. The van der Waals surface area contributed by atoms with Gasteiger partial charge in [0.15, 0.2) is 0 Å². The van der Waals surface area contributed by atoms with Gasteiger partial charge in [0, 0.05) is 11.1 Å². The molecule has 2 heterocycles. The normalized spacial score (nSPS) is 13.5. The minimum absolute atomic E-state index is 0.113. The number of fused-ring (bicyclic) bond motifs is 1. The molecule has 0 atom stereocenters. The molecule has 1 aliphatic rings. The first-order valence-electron chi connectivity index (χ1n) is 10.3. The summed E-state index contributed by atoms with van der Waals surface area (Å²) in [5.74, 6) is 0.948. The van der Waals surface area contributed by atoms with Crippen molar-refractivity contribution >= 4 is 29.0 Å². The second-order valence-corrected chi connectivity index (χ2v) is 7.50. The number of anilines is 1. The van der Waals surface area contributed by atoms with Crippen molar-refractivity contribution in [1.29, 1.82) is 10.5 Å². The van der Waals surface area contributed by atoms with Crippen molar-refractivity contribution in [2.75, 3.05) is 12.3 Å². The lowest BCUT2D eigenvalue weighted by molar-refractivity contribution is 0.0526. The SMILES string of the molecule is CCOC(=O)c1ccc(-c2ccc(/C=C3/C(C)=C(C#N)c4nc(N)c(C#N)c(C)c43)o2)cc1. The molecule has 4 rings (SSSR count). The lowest BCUT2D eigenvalue weighted by atomic mass is 9.96. The van der Waals surface area contributed by atoms with Crippen LogP contribution in [0.2, 0.25) is 0 Å². The van der Waals surface area contributed by atoms with Gasteiger partial charge < -0.3 is 14.9 Å². The quantitative estimate of drug-likeness (QED) is 0.562. The summed E-state index contributed by atoms with van der Waals surface area (Å²) in [5, 5.41) is 19.2. The number of nitrogens with two attached hydrogens (primary N) is 1. The Morgan fingerprint density at radius 1 is 1.15 bits per heavy atom. The van der Waals surface area contributed by atoms with Crippen LogP contribution in [-0.4, -0.2) is 17.6 Å². The molecule has 3 aromatic rings. The van der Waals surface area contributed by atoms with E-state index in [0.29, 0.717) is 51.6 Å². The van der Waals surface area contributed by atoms with Gasteiger partial charge in [0.05, 0.1) is 29.0 Å².